The predicted octanol–water partition coefficient (Wildman–Crippen LogP) is 4.75. The molecule has 1 atom stereocenters. The van der Waals surface area contributed by atoms with Crippen LogP contribution in [0.3, 0.4) is 0 Å². The zero-order valence-corrected chi connectivity index (χ0v) is 26.4. The number of ether oxygens (including phenoxy) is 2. The molecular weight excluding hydrogens is 626 g/mol. The number of hydrogen-bond donors (Lipinski definition) is 4. The summed E-state index contributed by atoms with van der Waals surface area (Å²) in [6.07, 6.45) is 4.16. The number of carbonyl (C=O) groups excluding carboxylic acids is 1. The van der Waals surface area contributed by atoms with Crippen molar-refractivity contribution in [2.24, 2.45) is 5.92 Å². The Morgan fingerprint density at radius 1 is 1.18 bits per heavy atom. The zero-order chi connectivity index (χ0) is 32.0. The van der Waals surface area contributed by atoms with Crippen molar-refractivity contribution in [3.05, 3.63) is 59.6 Å². The van der Waals surface area contributed by atoms with Gasteiger partial charge in [0.1, 0.15) is 24.6 Å². The number of nitrogens with zero attached hydrogens (tertiary/aromatic N) is 4. The van der Waals surface area contributed by atoms with Gasteiger partial charge < -0.3 is 29.9 Å². The Morgan fingerprint density at radius 2 is 1.98 bits per heavy atom. The van der Waals surface area contributed by atoms with Crippen molar-refractivity contribution in [1.29, 1.82) is 0 Å². The lowest BCUT2D eigenvalue weighted by atomic mass is 9.92. The number of phosphoric acid groups is 1. The Bertz CT molecular complexity index is 1680. The molecule has 2 aromatic heterocycles. The van der Waals surface area contributed by atoms with E-state index in [4.69, 9.17) is 23.8 Å². The molecule has 1 fully saturated rings. The number of aromatic nitrogens is 3. The van der Waals surface area contributed by atoms with Crippen LogP contribution in [0.1, 0.15) is 24.6 Å². The van der Waals surface area contributed by atoms with Crippen molar-refractivity contribution in [2.75, 3.05) is 44.0 Å². The quantitative estimate of drug-likeness (QED) is 0.146. The molecule has 3 heterocycles. The van der Waals surface area contributed by atoms with Gasteiger partial charge in [0, 0.05) is 34.8 Å². The molecular formula is C29H34FN6O7PS. The van der Waals surface area contributed by atoms with E-state index in [-0.39, 0.29) is 18.2 Å². The van der Waals surface area contributed by atoms with Gasteiger partial charge in [-0.15, -0.1) is 11.3 Å². The number of nitrogens with one attached hydrogen (secondary N) is 2. The third kappa shape index (κ3) is 9.16. The number of methoxy groups -OCH3 is 1. The number of carbonyl (C=O) groups is 1. The highest BCUT2D eigenvalue weighted by molar-refractivity contribution is 7.46. The second kappa shape index (κ2) is 14.6. The van der Waals surface area contributed by atoms with Crippen LogP contribution in [-0.2, 0) is 20.3 Å². The molecule has 4 N–H and O–H groups in total. The van der Waals surface area contributed by atoms with Crippen LogP contribution in [0.5, 0.6) is 11.5 Å². The highest BCUT2D eigenvalue weighted by Gasteiger charge is 2.29. The number of rotatable bonds is 13. The van der Waals surface area contributed by atoms with Crippen molar-refractivity contribution in [1.82, 2.24) is 19.9 Å². The standard InChI is InChI=1S/C29H34FN6O7PS/c1-18(43-44(38,39)40)19-6-8-36(9-7-19)10-11-42-26-15-24-23(14-25(26)41-2)28(33-17-32-24)35-29-31-16-22(45-29)13-27(37)34-21-5-3-4-20(30)12-21/h3-5,12,14-19H,6-11,13H2,1-2H3,(H,34,37)(H2,38,39,40)(H,31,32,33,35). The second-order valence-electron chi connectivity index (χ2n) is 10.6. The first-order valence-electron chi connectivity index (χ1n) is 14.3. The van der Waals surface area contributed by atoms with E-state index in [2.05, 4.69) is 30.5 Å². The summed E-state index contributed by atoms with van der Waals surface area (Å²) in [5.74, 6) is 0.927. The van der Waals surface area contributed by atoms with E-state index < -0.39 is 19.7 Å². The molecule has 1 amide bonds. The fourth-order valence-electron chi connectivity index (χ4n) is 5.15. The summed E-state index contributed by atoms with van der Waals surface area (Å²) in [6.45, 7) is 4.33. The van der Waals surface area contributed by atoms with Crippen LogP contribution in [0.4, 0.5) is 21.0 Å². The summed E-state index contributed by atoms with van der Waals surface area (Å²) in [5, 5.41) is 7.11. The van der Waals surface area contributed by atoms with Gasteiger partial charge in [-0.3, -0.25) is 14.2 Å². The normalized spacial score (nSPS) is 15.1. The molecule has 0 saturated carbocycles. The Hall–Kier alpha value is -3.72. The lowest BCUT2D eigenvalue weighted by Gasteiger charge is -2.34. The molecule has 1 aliphatic rings. The fraction of sp³-hybridized carbons (Fsp3) is 0.379. The Kier molecular flexibility index (Phi) is 10.6. The van der Waals surface area contributed by atoms with Crippen molar-refractivity contribution in [2.45, 2.75) is 32.3 Å². The van der Waals surface area contributed by atoms with Crippen LogP contribution in [0, 0.1) is 11.7 Å². The zero-order valence-electron chi connectivity index (χ0n) is 24.7. The number of likely N-dealkylation sites (tertiary alicyclic amines) is 1. The van der Waals surface area contributed by atoms with Crippen molar-refractivity contribution < 1.29 is 37.5 Å². The molecule has 5 rings (SSSR count). The molecule has 0 radical (unpaired) electrons. The summed E-state index contributed by atoms with van der Waals surface area (Å²) in [4.78, 5) is 46.7. The summed E-state index contributed by atoms with van der Waals surface area (Å²) in [7, 11) is -2.95. The molecule has 4 aromatic rings. The maximum absolute atomic E-state index is 13.4. The van der Waals surface area contributed by atoms with E-state index in [0.717, 1.165) is 25.9 Å². The van der Waals surface area contributed by atoms with Crippen LogP contribution in [-0.4, -0.2) is 75.0 Å². The monoisotopic (exact) mass is 660 g/mol. The van der Waals surface area contributed by atoms with E-state index >= 15 is 0 Å². The number of anilines is 3. The first-order chi connectivity index (χ1) is 21.6. The minimum Gasteiger partial charge on any atom is -0.493 e. The van der Waals surface area contributed by atoms with Crippen LogP contribution in [0.15, 0.2) is 48.9 Å². The Labute approximate surface area is 263 Å². The lowest BCUT2D eigenvalue weighted by molar-refractivity contribution is -0.115. The number of benzene rings is 2. The highest BCUT2D eigenvalue weighted by atomic mass is 32.1. The molecule has 2 aromatic carbocycles. The van der Waals surface area contributed by atoms with E-state index in [9.17, 15) is 13.8 Å². The number of fused-ring (bicyclic) bond motifs is 1. The third-order valence-corrected chi connectivity index (χ3v) is 8.93. The van der Waals surface area contributed by atoms with Gasteiger partial charge in [0.15, 0.2) is 16.6 Å². The highest BCUT2D eigenvalue weighted by Crippen LogP contribution is 2.40. The summed E-state index contributed by atoms with van der Waals surface area (Å²) < 4.78 is 41.1. The summed E-state index contributed by atoms with van der Waals surface area (Å²) >= 11 is 1.30. The topological polar surface area (TPSA) is 168 Å². The Balaban J connectivity index is 1.17. The van der Waals surface area contributed by atoms with Gasteiger partial charge in [0.05, 0.1) is 25.2 Å². The van der Waals surface area contributed by atoms with Crippen LogP contribution in [0.25, 0.3) is 10.9 Å². The maximum atomic E-state index is 13.4. The van der Waals surface area contributed by atoms with Crippen LogP contribution < -0.4 is 20.1 Å². The fourth-order valence-corrected chi connectivity index (χ4v) is 6.56. The van der Waals surface area contributed by atoms with E-state index in [1.165, 1.54) is 35.9 Å². The number of thiazole rings is 1. The molecule has 45 heavy (non-hydrogen) atoms. The largest absolute Gasteiger partial charge is 0.493 e. The van der Waals surface area contributed by atoms with E-state index in [1.807, 2.05) is 0 Å². The summed E-state index contributed by atoms with van der Waals surface area (Å²) in [6, 6.07) is 9.30. The van der Waals surface area contributed by atoms with Crippen LogP contribution >= 0.6 is 19.2 Å². The molecule has 1 unspecified atom stereocenters. The van der Waals surface area contributed by atoms with Gasteiger partial charge >= 0.3 is 7.82 Å². The van der Waals surface area contributed by atoms with Gasteiger partial charge in [0.2, 0.25) is 5.91 Å². The molecule has 16 heteroatoms. The molecule has 240 valence electrons. The first-order valence-corrected chi connectivity index (χ1v) is 16.6. The second-order valence-corrected chi connectivity index (χ2v) is 12.9. The number of hydrogen-bond acceptors (Lipinski definition) is 11. The number of piperidine rings is 1. The average Bonchev–Trinajstić information content (AvgIpc) is 3.42. The van der Waals surface area contributed by atoms with Gasteiger partial charge in [-0.1, -0.05) is 6.07 Å². The molecule has 0 aliphatic carbocycles. The minimum atomic E-state index is -4.50. The van der Waals surface area contributed by atoms with Crippen molar-refractivity contribution in [3.8, 4) is 11.5 Å². The Morgan fingerprint density at radius 3 is 2.71 bits per heavy atom. The van der Waals surface area contributed by atoms with Crippen LogP contribution in [0.2, 0.25) is 0 Å². The third-order valence-electron chi connectivity index (χ3n) is 7.41. The minimum absolute atomic E-state index is 0.0804. The SMILES string of the molecule is COc1cc2c(Nc3ncc(CC(=O)Nc4cccc(F)c4)s3)ncnc2cc1OCCN1CCC(C(C)OP(=O)(O)O)CC1. The maximum Gasteiger partial charge on any atom is 0.469 e. The number of phosphoric ester groups is 1. The molecule has 0 spiro atoms. The molecule has 0 bridgehead atoms. The van der Waals surface area contributed by atoms with Gasteiger partial charge in [-0.25, -0.2) is 23.9 Å². The molecule has 1 aliphatic heterocycles. The number of amides is 1. The first kappa shape index (κ1) is 32.7. The van der Waals surface area contributed by atoms with Gasteiger partial charge in [-0.05, 0) is 63.0 Å². The molecule has 13 nitrogen and oxygen atoms in total. The van der Waals surface area contributed by atoms with Crippen molar-refractivity contribution in [3.63, 3.8) is 0 Å². The average molecular weight is 661 g/mol. The number of halogens is 1. The van der Waals surface area contributed by atoms with Gasteiger partial charge in [0.25, 0.3) is 0 Å². The van der Waals surface area contributed by atoms with E-state index in [1.54, 1.807) is 38.4 Å². The lowest BCUT2D eigenvalue weighted by Crippen LogP contribution is -2.39. The van der Waals surface area contributed by atoms with Crippen molar-refractivity contribution >= 4 is 52.6 Å². The smallest absolute Gasteiger partial charge is 0.469 e. The predicted molar refractivity (Wildman–Crippen MR) is 167 cm³/mol. The van der Waals surface area contributed by atoms with Gasteiger partial charge in [-0.2, -0.15) is 0 Å². The summed E-state index contributed by atoms with van der Waals surface area (Å²) in [5.41, 5.74) is 1.02. The van der Waals surface area contributed by atoms with E-state index in [0.29, 0.717) is 57.1 Å². The molecule has 1 saturated heterocycles.